The minimum atomic E-state index is -2.28. The van der Waals surface area contributed by atoms with Gasteiger partial charge in [0.1, 0.15) is 54.8 Å². The van der Waals surface area contributed by atoms with Crippen molar-refractivity contribution in [1.82, 2.24) is 5.32 Å². The van der Waals surface area contributed by atoms with E-state index >= 15 is 0 Å². The molecule has 0 aromatic heterocycles. The Labute approximate surface area is 588 Å². The third-order valence-corrected chi connectivity index (χ3v) is 28.9. The molecule has 12 bridgehead atoms. The highest BCUT2D eigenvalue weighted by Crippen LogP contribution is 2.55. The fraction of sp³-hybridized carbons (Fsp3) is 0.769. The van der Waals surface area contributed by atoms with Gasteiger partial charge in [0.15, 0.2) is 19.9 Å². The molecule has 1 spiro atoms. The maximum Gasteiger partial charge on any atom is 0.407 e. The van der Waals surface area contributed by atoms with E-state index in [2.05, 4.69) is 86.6 Å². The van der Waals surface area contributed by atoms with E-state index < -0.39 is 81.1 Å². The molecule has 99 heavy (non-hydrogen) atoms. The van der Waals surface area contributed by atoms with Gasteiger partial charge in [0.25, 0.3) is 0 Å². The first-order valence-electron chi connectivity index (χ1n) is 37.5. The number of ketones is 2. The zero-order valence-electron chi connectivity index (χ0n) is 60.9. The van der Waals surface area contributed by atoms with Crippen LogP contribution in [0, 0.1) is 35.5 Å². The maximum absolute atomic E-state index is 14.7. The molecule has 0 aliphatic carbocycles. The van der Waals surface area contributed by atoms with Gasteiger partial charge in [0.05, 0.1) is 112 Å². The third kappa shape index (κ3) is 17.0. The molecular formula is C78H115NO19Si. The Morgan fingerprint density at radius 3 is 2.19 bits per heavy atom. The summed E-state index contributed by atoms with van der Waals surface area (Å²) < 4.78 is 100. The second-order valence-electron chi connectivity index (χ2n) is 33.0. The Morgan fingerprint density at radius 1 is 0.727 bits per heavy atom. The van der Waals surface area contributed by atoms with Gasteiger partial charge in [-0.15, -0.1) is 0 Å². The van der Waals surface area contributed by atoms with E-state index in [9.17, 15) is 19.2 Å². The van der Waals surface area contributed by atoms with Crippen molar-refractivity contribution in [2.75, 3.05) is 20.3 Å². The van der Waals surface area contributed by atoms with Crippen molar-refractivity contribution >= 4 is 31.9 Å². The number of amides is 1. The van der Waals surface area contributed by atoms with E-state index in [0.29, 0.717) is 44.9 Å². The molecule has 12 heterocycles. The topological polar surface area (TPSA) is 219 Å². The highest BCUT2D eigenvalue weighted by molar-refractivity contribution is 6.74. The summed E-state index contributed by atoms with van der Waals surface area (Å²) >= 11 is 0. The standard InChI is InChI=1S/C78H115NO19Si/c1-16-29-85-76(83)79-40-66-46(6)35-64(98-99(14,15)77(10,11)12)68(94-66)47(7)31-52(81)30-43(3)57(86-41-50-17-20-53(84-13)21-18-50)24-19-51(80)36-60-45(5)34-62-69(92-60)49(9)70-63(90-62)38-61-48(8)42(2)32-54(88-61)22-25-58-44(4)33-56(87-58)27-28-78-39-65-72(96-78)73-74(93-65)75(97-78)71-59(91-73)26-23-55(89-71)37-67(82)95-70/h16-21,24,42-43,45-47,49,54-66,68-75H,1,4,8,22-23,25-41H2,2-3,5-7,9-15H3,(H,79,83)/b24-19+/t42-,43+,45-,46-,47+,49+,54+,55-,56+,57-,58+,59+,60-,61-,62+,63+,64+,65-,66-,68+,69+,70-,71+,72+,73+,74-,75+,78+/m1/s1. The number of hydrogen-bond donors (Lipinski definition) is 1. The first kappa shape index (κ1) is 74.5. The van der Waals surface area contributed by atoms with Crippen molar-refractivity contribution in [3.8, 4) is 5.75 Å². The monoisotopic (exact) mass is 1400 g/mol. The van der Waals surface area contributed by atoms with Crippen LogP contribution in [0.15, 0.2) is 73.4 Å². The van der Waals surface area contributed by atoms with Gasteiger partial charge in [-0.25, -0.2) is 4.79 Å². The zero-order chi connectivity index (χ0) is 70.4. The molecule has 1 N–H and O–H groups in total. The van der Waals surface area contributed by atoms with Gasteiger partial charge in [0, 0.05) is 51.0 Å². The van der Waals surface area contributed by atoms with Crippen LogP contribution in [-0.4, -0.2) is 186 Å². The molecule has 0 saturated carbocycles. The molecule has 0 unspecified atom stereocenters. The van der Waals surface area contributed by atoms with Crippen molar-refractivity contribution in [2.45, 2.75) is 324 Å². The Hall–Kier alpha value is -4.20. The molecule has 21 heteroatoms. The smallest absolute Gasteiger partial charge is 0.407 e. The van der Waals surface area contributed by atoms with Crippen LogP contribution in [0.4, 0.5) is 4.79 Å². The Morgan fingerprint density at radius 2 is 1.43 bits per heavy atom. The highest BCUT2D eigenvalue weighted by atomic mass is 28.4. The van der Waals surface area contributed by atoms with E-state index in [-0.39, 0.29) is 171 Å². The highest BCUT2D eigenvalue weighted by Gasteiger charge is 2.69. The zero-order valence-corrected chi connectivity index (χ0v) is 61.9. The first-order valence-corrected chi connectivity index (χ1v) is 40.4. The lowest BCUT2D eigenvalue weighted by Crippen LogP contribution is -2.62. The first-order chi connectivity index (χ1) is 47.1. The third-order valence-electron chi connectivity index (χ3n) is 24.4. The van der Waals surface area contributed by atoms with Gasteiger partial charge in [0.2, 0.25) is 0 Å². The second-order valence-corrected chi connectivity index (χ2v) is 37.7. The van der Waals surface area contributed by atoms with Crippen LogP contribution in [-0.2, 0) is 87.0 Å². The van der Waals surface area contributed by atoms with Crippen molar-refractivity contribution in [3.63, 3.8) is 0 Å². The number of nitrogens with one attached hydrogen (secondary N) is 1. The fourth-order valence-electron chi connectivity index (χ4n) is 17.6. The van der Waals surface area contributed by atoms with Crippen LogP contribution in [0.2, 0.25) is 18.1 Å². The molecule has 1 aromatic carbocycles. The summed E-state index contributed by atoms with van der Waals surface area (Å²) in [5, 5.41) is 2.80. The fourth-order valence-corrected chi connectivity index (χ4v) is 19.0. The Balaban J connectivity index is 0.730. The minimum absolute atomic E-state index is 0.00557. The molecule has 12 aliphatic rings. The molecular weight excluding hydrogens is 1280 g/mol. The molecule has 1 aromatic rings. The van der Waals surface area contributed by atoms with Crippen molar-refractivity contribution in [2.24, 2.45) is 35.5 Å². The number of Topliss-reactive ketones (excluding diaryl/α,β-unsaturated/α-hetero) is 1. The number of rotatable bonds is 20. The SMILES string of the molecule is C=CCOC(=O)NC[C@H]1O[C@@H]([C@@H](C)CC(=O)C[C@H](C)[C@@H](/C=C/C(=O)C[C@H]2O[C@H]3[C@H](C)[C@H]4OC(=O)C[C@H]5CC[C@@H]6O[C@@H]7[C@H]8O[C@@H]9C[C@](CC[C@H]%10CC(=C)[C@H](CC[C@H]%11C[C@@H](C)C(=C)[C@@H](C[C@@H]4O[C@H]3C[C@H]2C)O%11)O%10)(O[C@H]8[C@H]6O5)O[C@H]79)OCc2ccc(OC)cc2)[C@@H](O[Si](C)(C)C(C)(C)C)C[C@H]1C. The Bertz CT molecular complexity index is 3060. The lowest BCUT2D eigenvalue weighted by atomic mass is 9.77. The van der Waals surface area contributed by atoms with Gasteiger partial charge in [-0.3, -0.25) is 14.4 Å². The molecule has 12 fully saturated rings. The Kier molecular flexibility index (Phi) is 23.5. The van der Waals surface area contributed by atoms with E-state index in [0.717, 1.165) is 54.6 Å². The predicted molar refractivity (Wildman–Crippen MR) is 371 cm³/mol. The minimum Gasteiger partial charge on any atom is -0.497 e. The number of esters is 1. The van der Waals surface area contributed by atoms with Crippen LogP contribution in [0.1, 0.15) is 171 Å². The average Bonchev–Trinajstić information content (AvgIpc) is 1.56. The number of methoxy groups -OCH3 is 1. The lowest BCUT2D eigenvalue weighted by molar-refractivity contribution is -0.293. The van der Waals surface area contributed by atoms with Gasteiger partial charge in [-0.1, -0.05) is 106 Å². The predicted octanol–water partition coefficient (Wildman–Crippen LogP) is 12.3. The second kappa shape index (κ2) is 31.2. The molecule has 1 amide bonds. The molecule has 13 rings (SSSR count). The van der Waals surface area contributed by atoms with Crippen molar-refractivity contribution in [3.05, 3.63) is 78.9 Å². The number of allylic oxidation sites excluding steroid dienone is 1. The van der Waals surface area contributed by atoms with Gasteiger partial charge < -0.3 is 76.1 Å². The summed E-state index contributed by atoms with van der Waals surface area (Å²) in [5.74, 6) is -1.35. The summed E-state index contributed by atoms with van der Waals surface area (Å²) in [6, 6.07) is 7.64. The number of fused-ring (bicyclic) bond motifs is 7. The normalized spacial score (nSPS) is 40.9. The summed E-state index contributed by atoms with van der Waals surface area (Å²) in [6.07, 6.45) is 5.98. The van der Waals surface area contributed by atoms with E-state index in [4.69, 9.17) is 70.7 Å². The molecule has 550 valence electrons. The van der Waals surface area contributed by atoms with E-state index in [1.54, 1.807) is 19.3 Å². The van der Waals surface area contributed by atoms with E-state index in [1.807, 2.05) is 38.1 Å². The van der Waals surface area contributed by atoms with E-state index in [1.165, 1.54) is 6.08 Å². The van der Waals surface area contributed by atoms with Crippen LogP contribution in [0.3, 0.4) is 0 Å². The van der Waals surface area contributed by atoms with Crippen molar-refractivity contribution < 1.29 is 89.9 Å². The molecule has 12 saturated heterocycles. The quantitative estimate of drug-likeness (QED) is 0.0555. The van der Waals surface area contributed by atoms with Crippen LogP contribution >= 0.6 is 0 Å². The summed E-state index contributed by atoms with van der Waals surface area (Å²) in [5.41, 5.74) is 3.02. The summed E-state index contributed by atoms with van der Waals surface area (Å²) in [7, 11) is -0.656. The van der Waals surface area contributed by atoms with Crippen molar-refractivity contribution in [1.29, 1.82) is 0 Å². The largest absolute Gasteiger partial charge is 0.497 e. The number of carbonyl (C=O) groups is 4. The van der Waals surface area contributed by atoms with Gasteiger partial charge in [-0.2, -0.15) is 0 Å². The number of hydrogen-bond acceptors (Lipinski definition) is 19. The number of carbonyl (C=O) groups excluding carboxylic acids is 4. The number of alkyl carbamates (subject to hydrolysis) is 1. The summed E-state index contributed by atoms with van der Waals surface area (Å²) in [6.45, 7) is 37.0. The van der Waals surface area contributed by atoms with Gasteiger partial charge in [-0.05, 0) is 140 Å². The van der Waals surface area contributed by atoms with Crippen LogP contribution in [0.5, 0.6) is 5.75 Å². The number of benzene rings is 1. The van der Waals surface area contributed by atoms with Gasteiger partial charge >= 0.3 is 12.1 Å². The lowest BCUT2D eigenvalue weighted by Gasteiger charge is -2.51. The maximum atomic E-state index is 14.7. The van der Waals surface area contributed by atoms with Crippen LogP contribution in [0.25, 0.3) is 0 Å². The average molecular weight is 1400 g/mol. The molecule has 28 atom stereocenters. The molecule has 12 aliphatic heterocycles. The molecule has 0 radical (unpaired) electrons. The number of ether oxygens (including phenoxy) is 14. The molecule has 20 nitrogen and oxygen atoms in total. The summed E-state index contributed by atoms with van der Waals surface area (Å²) in [4.78, 5) is 56.2. The van der Waals surface area contributed by atoms with Crippen LogP contribution < -0.4 is 10.1 Å².